The molecule has 1 N–H and O–H groups in total. The molecule has 1 saturated carbocycles. The van der Waals surface area contributed by atoms with Gasteiger partial charge in [-0.15, -0.1) is 0 Å². The number of pyridine rings is 1. The molecule has 7 nitrogen and oxygen atoms in total. The average molecular weight is 580 g/mol. The molecule has 3 aromatic rings. The highest BCUT2D eigenvalue weighted by atomic mass is 35.5. The average Bonchev–Trinajstić information content (AvgIpc) is 3.04. The predicted octanol–water partition coefficient (Wildman–Crippen LogP) is 5.36. The van der Waals surface area contributed by atoms with Crippen LogP contribution in [0.25, 0.3) is 0 Å². The van der Waals surface area contributed by atoms with Crippen LogP contribution in [0, 0.1) is 12.8 Å². The molecular formula is C31H34ClN3O4S. The van der Waals surface area contributed by atoms with Crippen LogP contribution in [0.2, 0.25) is 5.02 Å². The molecule has 1 amide bonds. The summed E-state index contributed by atoms with van der Waals surface area (Å²) in [6.45, 7) is 3.96. The van der Waals surface area contributed by atoms with Gasteiger partial charge in [0.2, 0.25) is 5.91 Å². The van der Waals surface area contributed by atoms with Crippen molar-refractivity contribution >= 4 is 33.2 Å². The van der Waals surface area contributed by atoms with Crippen molar-refractivity contribution < 1.29 is 17.9 Å². The Hall–Kier alpha value is -3.10. The highest BCUT2D eigenvalue weighted by Crippen LogP contribution is 2.45. The van der Waals surface area contributed by atoms with Crippen molar-refractivity contribution in [2.24, 2.45) is 5.92 Å². The number of amides is 1. The lowest BCUT2D eigenvalue weighted by atomic mass is 9.70. The summed E-state index contributed by atoms with van der Waals surface area (Å²) in [5.74, 6) is 0.646. The van der Waals surface area contributed by atoms with E-state index in [4.69, 9.17) is 16.3 Å². The van der Waals surface area contributed by atoms with E-state index in [1.54, 1.807) is 30.5 Å². The summed E-state index contributed by atoms with van der Waals surface area (Å²) in [6.07, 6.45) is 8.13. The van der Waals surface area contributed by atoms with Gasteiger partial charge >= 0.3 is 0 Å². The van der Waals surface area contributed by atoms with E-state index >= 15 is 0 Å². The molecule has 9 heteroatoms. The molecule has 1 spiro atoms. The first-order valence-corrected chi connectivity index (χ1v) is 15.8. The van der Waals surface area contributed by atoms with Gasteiger partial charge in [0.25, 0.3) is 10.0 Å². The third kappa shape index (κ3) is 5.44. The summed E-state index contributed by atoms with van der Waals surface area (Å²) in [5, 5.41) is 0.746. The van der Waals surface area contributed by atoms with E-state index in [2.05, 4.69) is 26.7 Å². The Kier molecular flexibility index (Phi) is 7.25. The summed E-state index contributed by atoms with van der Waals surface area (Å²) in [5.41, 5.74) is 4.59. The van der Waals surface area contributed by atoms with E-state index < -0.39 is 15.9 Å². The Labute approximate surface area is 241 Å². The second-order valence-electron chi connectivity index (χ2n) is 11.5. The van der Waals surface area contributed by atoms with Gasteiger partial charge in [-0.3, -0.25) is 9.78 Å². The zero-order valence-electron chi connectivity index (χ0n) is 22.7. The molecule has 1 atom stereocenters. The van der Waals surface area contributed by atoms with Crippen LogP contribution < -0.4 is 14.4 Å². The first-order chi connectivity index (χ1) is 19.2. The predicted molar refractivity (Wildman–Crippen MR) is 156 cm³/mol. The first-order valence-electron chi connectivity index (χ1n) is 14.0. The minimum Gasteiger partial charge on any atom is -0.490 e. The molecule has 0 saturated heterocycles. The molecule has 1 aliphatic heterocycles. The number of benzene rings is 2. The Bertz CT molecular complexity index is 1540. The number of nitrogens with one attached hydrogen (secondary N) is 1. The number of carbonyl (C=O) groups is 1. The van der Waals surface area contributed by atoms with Gasteiger partial charge in [0.1, 0.15) is 5.75 Å². The van der Waals surface area contributed by atoms with E-state index in [-0.39, 0.29) is 16.7 Å². The number of aromatic nitrogens is 1. The van der Waals surface area contributed by atoms with Crippen molar-refractivity contribution in [1.29, 1.82) is 0 Å². The van der Waals surface area contributed by atoms with Gasteiger partial charge < -0.3 is 9.64 Å². The topological polar surface area (TPSA) is 88.6 Å². The number of carbonyl (C=O) groups excluding carboxylic acids is 1. The van der Waals surface area contributed by atoms with E-state index in [1.807, 2.05) is 13.0 Å². The molecule has 0 bridgehead atoms. The molecule has 2 aliphatic carbocycles. The maximum absolute atomic E-state index is 13.3. The van der Waals surface area contributed by atoms with Crippen LogP contribution in [0.4, 0.5) is 5.69 Å². The Balaban J connectivity index is 1.30. The summed E-state index contributed by atoms with van der Waals surface area (Å²) in [4.78, 5) is 19.2. The maximum Gasteiger partial charge on any atom is 0.264 e. The van der Waals surface area contributed by atoms with Gasteiger partial charge in [-0.1, -0.05) is 30.2 Å². The number of sulfonamides is 1. The number of hydrogen-bond acceptors (Lipinski definition) is 6. The smallest absolute Gasteiger partial charge is 0.264 e. The van der Waals surface area contributed by atoms with Crippen LogP contribution in [0.1, 0.15) is 54.5 Å². The number of nitrogens with zero attached hydrogens (tertiary/aromatic N) is 2. The number of fused-ring (bicyclic) bond motifs is 3. The Morgan fingerprint density at radius 1 is 1.15 bits per heavy atom. The fraction of sp³-hybridized carbons (Fsp3) is 0.419. The monoisotopic (exact) mass is 579 g/mol. The zero-order valence-corrected chi connectivity index (χ0v) is 24.2. The summed E-state index contributed by atoms with van der Waals surface area (Å²) >= 11 is 6.35. The lowest BCUT2D eigenvalue weighted by Crippen LogP contribution is -2.47. The van der Waals surface area contributed by atoms with Crippen molar-refractivity contribution in [1.82, 2.24) is 9.71 Å². The number of halogens is 1. The third-order valence-electron chi connectivity index (χ3n) is 8.61. The van der Waals surface area contributed by atoms with E-state index in [0.29, 0.717) is 23.8 Å². The van der Waals surface area contributed by atoms with Crippen LogP contribution in [-0.2, 0) is 33.1 Å². The second kappa shape index (κ2) is 10.7. The fourth-order valence-corrected chi connectivity index (χ4v) is 7.48. The van der Waals surface area contributed by atoms with E-state index in [0.717, 1.165) is 48.8 Å². The van der Waals surface area contributed by atoms with Crippen molar-refractivity contribution in [2.45, 2.75) is 62.2 Å². The van der Waals surface area contributed by atoms with Crippen LogP contribution in [0.15, 0.2) is 59.6 Å². The number of anilines is 1. The molecule has 6 rings (SSSR count). The van der Waals surface area contributed by atoms with Crippen molar-refractivity contribution in [3.63, 3.8) is 0 Å². The molecule has 0 unspecified atom stereocenters. The SMILES string of the molecule is Cc1ccc(CC(=O)NS(=O)(=O)c2ccc3c(c2)N(CC2CCC2)C[C@@]2(CCCc4cc(Cl)ccc42)CO3)cn1. The van der Waals surface area contributed by atoms with Crippen LogP contribution in [0.5, 0.6) is 5.75 Å². The minimum absolute atomic E-state index is 0.0515. The van der Waals surface area contributed by atoms with Crippen LogP contribution in [0.3, 0.4) is 0 Å². The number of aryl methyl sites for hydroxylation is 2. The third-order valence-corrected chi connectivity index (χ3v) is 10.2. The van der Waals surface area contributed by atoms with Crippen molar-refractivity contribution in [2.75, 3.05) is 24.6 Å². The Morgan fingerprint density at radius 2 is 2.00 bits per heavy atom. The fourth-order valence-electron chi connectivity index (χ4n) is 6.28. The Morgan fingerprint density at radius 3 is 2.75 bits per heavy atom. The number of ether oxygens (including phenoxy) is 1. The first kappa shape index (κ1) is 27.1. The molecule has 210 valence electrons. The largest absolute Gasteiger partial charge is 0.490 e. The van der Waals surface area contributed by atoms with Gasteiger partial charge in [-0.25, -0.2) is 13.1 Å². The molecule has 1 fully saturated rings. The molecule has 40 heavy (non-hydrogen) atoms. The van der Waals surface area contributed by atoms with Gasteiger partial charge in [0.05, 0.1) is 23.6 Å². The summed E-state index contributed by atoms with van der Waals surface area (Å²) in [6, 6.07) is 14.7. The van der Waals surface area contributed by atoms with E-state index in [9.17, 15) is 13.2 Å². The van der Waals surface area contributed by atoms with E-state index in [1.165, 1.54) is 36.5 Å². The molecular weight excluding hydrogens is 546 g/mol. The van der Waals surface area contributed by atoms with Crippen LogP contribution in [-0.4, -0.2) is 39.0 Å². The standard InChI is InChI=1S/C31H34ClN3O4S/c1-21-7-8-23(17-33-21)14-30(36)34-40(37,38)26-10-12-29-28(16-26)35(18-22-4-2-5-22)19-31(20-39-29)13-3-6-24-15-25(32)9-11-27(24)31/h7-12,15-17,22H,2-6,13-14,18-20H2,1H3,(H,34,36)/t31-/m0/s1. The summed E-state index contributed by atoms with van der Waals surface area (Å²) < 4.78 is 35.4. The van der Waals surface area contributed by atoms with Gasteiger partial charge in [0.15, 0.2) is 0 Å². The van der Waals surface area contributed by atoms with Crippen molar-refractivity contribution in [3.8, 4) is 5.75 Å². The van der Waals surface area contributed by atoms with Crippen LogP contribution >= 0.6 is 11.6 Å². The van der Waals surface area contributed by atoms with Gasteiger partial charge in [-0.2, -0.15) is 0 Å². The molecule has 3 aliphatic rings. The second-order valence-corrected chi connectivity index (χ2v) is 13.7. The minimum atomic E-state index is -4.08. The quantitative estimate of drug-likeness (QED) is 0.423. The number of rotatable bonds is 6. The highest BCUT2D eigenvalue weighted by Gasteiger charge is 2.42. The number of hydrogen-bond donors (Lipinski definition) is 1. The van der Waals surface area contributed by atoms with Crippen molar-refractivity contribution in [3.05, 3.63) is 82.1 Å². The normalized spacial score (nSPS) is 20.6. The molecule has 0 radical (unpaired) electrons. The molecule has 1 aromatic heterocycles. The highest BCUT2D eigenvalue weighted by molar-refractivity contribution is 7.90. The molecule has 2 heterocycles. The molecule has 2 aromatic carbocycles. The lowest BCUT2D eigenvalue weighted by molar-refractivity contribution is -0.118. The van der Waals surface area contributed by atoms with Gasteiger partial charge in [-0.05, 0) is 98.0 Å². The maximum atomic E-state index is 13.3. The van der Waals surface area contributed by atoms with Gasteiger partial charge in [0, 0.05) is 35.4 Å². The zero-order chi connectivity index (χ0) is 27.9. The lowest BCUT2D eigenvalue weighted by Gasteiger charge is -2.42. The summed E-state index contributed by atoms with van der Waals surface area (Å²) in [7, 11) is -4.08.